The third-order valence-electron chi connectivity index (χ3n) is 2.94. The standard InChI is InChI=1S/C17H12ClN3O2/c18-13-8-6-12(7-9-13)16(22)21-14-10-19-17(20-11-14)23-15-4-2-1-3-5-15/h1-11H,(H,21,22). The fraction of sp³-hybridized carbons (Fsp3) is 0. The molecule has 23 heavy (non-hydrogen) atoms. The minimum atomic E-state index is -0.262. The summed E-state index contributed by atoms with van der Waals surface area (Å²) in [5.74, 6) is 0.382. The van der Waals surface area contributed by atoms with Gasteiger partial charge in [0.2, 0.25) is 0 Å². The monoisotopic (exact) mass is 325 g/mol. The molecule has 1 heterocycles. The van der Waals surface area contributed by atoms with Crippen molar-refractivity contribution in [3.8, 4) is 11.8 Å². The average molecular weight is 326 g/mol. The summed E-state index contributed by atoms with van der Waals surface area (Å²) >= 11 is 5.79. The Balaban J connectivity index is 1.65. The molecule has 0 radical (unpaired) electrons. The minimum Gasteiger partial charge on any atom is -0.424 e. The van der Waals surface area contributed by atoms with Crippen molar-refractivity contribution in [2.45, 2.75) is 0 Å². The van der Waals surface area contributed by atoms with Gasteiger partial charge < -0.3 is 10.1 Å². The first-order valence-corrected chi connectivity index (χ1v) is 7.20. The molecule has 0 aliphatic heterocycles. The van der Waals surface area contributed by atoms with Gasteiger partial charge in [0.1, 0.15) is 5.75 Å². The van der Waals surface area contributed by atoms with Crippen LogP contribution in [0.4, 0.5) is 5.69 Å². The van der Waals surface area contributed by atoms with Crippen LogP contribution in [0.1, 0.15) is 10.4 Å². The van der Waals surface area contributed by atoms with E-state index in [-0.39, 0.29) is 11.9 Å². The second-order valence-electron chi connectivity index (χ2n) is 4.63. The Bertz CT molecular complexity index is 790. The Morgan fingerprint density at radius 2 is 1.61 bits per heavy atom. The molecule has 0 saturated heterocycles. The lowest BCUT2D eigenvalue weighted by molar-refractivity contribution is 0.102. The molecule has 0 spiro atoms. The van der Waals surface area contributed by atoms with Crippen LogP contribution in [0.25, 0.3) is 0 Å². The van der Waals surface area contributed by atoms with Crippen LogP contribution in [0.15, 0.2) is 67.0 Å². The lowest BCUT2D eigenvalue weighted by Crippen LogP contribution is -2.12. The van der Waals surface area contributed by atoms with Crippen molar-refractivity contribution in [1.29, 1.82) is 0 Å². The average Bonchev–Trinajstić information content (AvgIpc) is 2.58. The van der Waals surface area contributed by atoms with Gasteiger partial charge in [0, 0.05) is 10.6 Å². The maximum Gasteiger partial charge on any atom is 0.322 e. The molecule has 6 heteroatoms. The highest BCUT2D eigenvalue weighted by molar-refractivity contribution is 6.30. The maximum atomic E-state index is 12.1. The Morgan fingerprint density at radius 3 is 2.26 bits per heavy atom. The summed E-state index contributed by atoms with van der Waals surface area (Å²) in [6.45, 7) is 0. The number of nitrogens with one attached hydrogen (secondary N) is 1. The second-order valence-corrected chi connectivity index (χ2v) is 5.07. The Morgan fingerprint density at radius 1 is 0.957 bits per heavy atom. The van der Waals surface area contributed by atoms with E-state index in [1.165, 1.54) is 12.4 Å². The van der Waals surface area contributed by atoms with Gasteiger partial charge in [0.25, 0.3) is 5.91 Å². The number of hydrogen-bond acceptors (Lipinski definition) is 4. The maximum absolute atomic E-state index is 12.1. The molecule has 3 aromatic rings. The zero-order chi connectivity index (χ0) is 16.1. The number of aromatic nitrogens is 2. The van der Waals surface area contributed by atoms with E-state index in [1.807, 2.05) is 18.2 Å². The van der Waals surface area contributed by atoms with Gasteiger partial charge in [-0.2, -0.15) is 0 Å². The Hall–Kier alpha value is -2.92. The van der Waals surface area contributed by atoms with Crippen LogP contribution in [0, 0.1) is 0 Å². The molecule has 3 rings (SSSR count). The molecule has 5 nitrogen and oxygen atoms in total. The third-order valence-corrected chi connectivity index (χ3v) is 3.20. The van der Waals surface area contributed by atoms with E-state index < -0.39 is 0 Å². The molecular weight excluding hydrogens is 314 g/mol. The number of anilines is 1. The predicted octanol–water partition coefficient (Wildman–Crippen LogP) is 4.17. The highest BCUT2D eigenvalue weighted by Gasteiger charge is 2.07. The summed E-state index contributed by atoms with van der Waals surface area (Å²) in [7, 11) is 0. The minimum absolute atomic E-state index is 0.209. The molecule has 114 valence electrons. The molecule has 0 bridgehead atoms. The first-order chi connectivity index (χ1) is 11.2. The summed E-state index contributed by atoms with van der Waals surface area (Å²) in [6.07, 6.45) is 2.97. The number of para-hydroxylation sites is 1. The number of nitrogens with zero attached hydrogens (tertiary/aromatic N) is 2. The van der Waals surface area contributed by atoms with Crippen molar-refractivity contribution in [3.63, 3.8) is 0 Å². The zero-order valence-electron chi connectivity index (χ0n) is 11.9. The normalized spacial score (nSPS) is 10.1. The van der Waals surface area contributed by atoms with Crippen LogP contribution in [0.5, 0.6) is 11.8 Å². The smallest absolute Gasteiger partial charge is 0.322 e. The number of halogens is 1. The Labute approximate surface area is 137 Å². The molecule has 1 aromatic heterocycles. The largest absolute Gasteiger partial charge is 0.424 e. The molecule has 0 aliphatic carbocycles. The molecule has 0 atom stereocenters. The number of hydrogen-bond donors (Lipinski definition) is 1. The summed E-state index contributed by atoms with van der Waals surface area (Å²) in [6, 6.07) is 16.0. The highest BCUT2D eigenvalue weighted by Crippen LogP contribution is 2.17. The van der Waals surface area contributed by atoms with Gasteiger partial charge >= 0.3 is 6.01 Å². The van der Waals surface area contributed by atoms with Crippen molar-refractivity contribution in [2.75, 3.05) is 5.32 Å². The molecule has 0 fully saturated rings. The Kier molecular flexibility index (Phi) is 4.49. The first-order valence-electron chi connectivity index (χ1n) is 6.82. The van der Waals surface area contributed by atoms with Gasteiger partial charge in [-0.15, -0.1) is 0 Å². The summed E-state index contributed by atoms with van der Waals surface area (Å²) in [5, 5.41) is 3.28. The molecule has 0 unspecified atom stereocenters. The van der Waals surface area contributed by atoms with Gasteiger partial charge in [0.05, 0.1) is 18.1 Å². The van der Waals surface area contributed by atoms with Crippen LogP contribution in [-0.4, -0.2) is 15.9 Å². The number of ether oxygens (including phenoxy) is 1. The number of carbonyl (C=O) groups excluding carboxylic acids is 1. The fourth-order valence-electron chi connectivity index (χ4n) is 1.83. The van der Waals surface area contributed by atoms with Crippen LogP contribution >= 0.6 is 11.6 Å². The molecular formula is C17H12ClN3O2. The van der Waals surface area contributed by atoms with Crippen molar-refractivity contribution in [3.05, 3.63) is 77.6 Å². The topological polar surface area (TPSA) is 64.1 Å². The van der Waals surface area contributed by atoms with E-state index in [1.54, 1.807) is 36.4 Å². The van der Waals surface area contributed by atoms with Crippen molar-refractivity contribution >= 4 is 23.2 Å². The van der Waals surface area contributed by atoms with E-state index in [9.17, 15) is 4.79 Å². The van der Waals surface area contributed by atoms with Gasteiger partial charge in [-0.3, -0.25) is 4.79 Å². The number of benzene rings is 2. The SMILES string of the molecule is O=C(Nc1cnc(Oc2ccccc2)nc1)c1ccc(Cl)cc1. The van der Waals surface area contributed by atoms with Gasteiger partial charge in [-0.1, -0.05) is 29.8 Å². The molecule has 1 N–H and O–H groups in total. The molecule has 0 aliphatic rings. The lowest BCUT2D eigenvalue weighted by atomic mass is 10.2. The van der Waals surface area contributed by atoms with E-state index >= 15 is 0 Å². The zero-order valence-corrected chi connectivity index (χ0v) is 12.7. The summed E-state index contributed by atoms with van der Waals surface area (Å²) in [5.41, 5.74) is 0.976. The molecule has 0 saturated carbocycles. The predicted molar refractivity (Wildman–Crippen MR) is 88.0 cm³/mol. The van der Waals surface area contributed by atoms with Crippen molar-refractivity contribution in [1.82, 2.24) is 9.97 Å². The molecule has 2 aromatic carbocycles. The summed E-state index contributed by atoms with van der Waals surface area (Å²) < 4.78 is 5.49. The fourth-order valence-corrected chi connectivity index (χ4v) is 1.96. The number of carbonyl (C=O) groups is 1. The van der Waals surface area contributed by atoms with Crippen molar-refractivity contribution < 1.29 is 9.53 Å². The van der Waals surface area contributed by atoms with Crippen LogP contribution in [-0.2, 0) is 0 Å². The third kappa shape index (κ3) is 4.05. The van der Waals surface area contributed by atoms with Crippen LogP contribution in [0.3, 0.4) is 0 Å². The highest BCUT2D eigenvalue weighted by atomic mass is 35.5. The quantitative estimate of drug-likeness (QED) is 0.781. The van der Waals surface area contributed by atoms with E-state index in [2.05, 4.69) is 15.3 Å². The van der Waals surface area contributed by atoms with E-state index in [0.717, 1.165) is 0 Å². The number of rotatable bonds is 4. The van der Waals surface area contributed by atoms with Crippen LogP contribution in [0.2, 0.25) is 5.02 Å². The van der Waals surface area contributed by atoms with Gasteiger partial charge in [0.15, 0.2) is 0 Å². The molecule has 1 amide bonds. The second kappa shape index (κ2) is 6.89. The van der Waals surface area contributed by atoms with Gasteiger partial charge in [-0.25, -0.2) is 9.97 Å². The number of amides is 1. The van der Waals surface area contributed by atoms with Gasteiger partial charge in [-0.05, 0) is 36.4 Å². The summed E-state index contributed by atoms with van der Waals surface area (Å²) in [4.78, 5) is 20.2. The lowest BCUT2D eigenvalue weighted by Gasteiger charge is -2.06. The van der Waals surface area contributed by atoms with Crippen molar-refractivity contribution in [2.24, 2.45) is 0 Å². The van der Waals surface area contributed by atoms with E-state index in [0.29, 0.717) is 22.0 Å². The van der Waals surface area contributed by atoms with Crippen LogP contribution < -0.4 is 10.1 Å². The first kappa shape index (κ1) is 15.0. The van der Waals surface area contributed by atoms with E-state index in [4.69, 9.17) is 16.3 Å².